The molecule has 3 N–H and O–H groups in total. The first kappa shape index (κ1) is 9.14. The van der Waals surface area contributed by atoms with E-state index < -0.39 is 5.91 Å². The van der Waals surface area contributed by atoms with Crippen molar-refractivity contribution in [2.45, 2.75) is 12.8 Å². The van der Waals surface area contributed by atoms with Gasteiger partial charge in [0.15, 0.2) is 0 Å². The van der Waals surface area contributed by atoms with Crippen molar-refractivity contribution in [1.82, 2.24) is 15.5 Å². The van der Waals surface area contributed by atoms with Crippen LogP contribution in [0.4, 0.5) is 0 Å². The van der Waals surface area contributed by atoms with E-state index in [1.165, 1.54) is 0 Å². The largest absolute Gasteiger partial charge is 0.363 e. The second kappa shape index (κ2) is 3.75. The van der Waals surface area contributed by atoms with Gasteiger partial charge in [-0.3, -0.25) is 4.79 Å². The maximum atomic E-state index is 10.7. The highest BCUT2D eigenvalue weighted by molar-refractivity contribution is 5.88. The van der Waals surface area contributed by atoms with E-state index in [0.29, 0.717) is 18.2 Å². The maximum absolute atomic E-state index is 10.7. The Balaban J connectivity index is 1.98. The van der Waals surface area contributed by atoms with Gasteiger partial charge in [-0.15, -0.1) is 0 Å². The van der Waals surface area contributed by atoms with Crippen LogP contribution in [0.1, 0.15) is 22.9 Å². The van der Waals surface area contributed by atoms with Gasteiger partial charge < -0.3 is 15.6 Å². The first-order valence-electron chi connectivity index (χ1n) is 4.59. The van der Waals surface area contributed by atoms with Gasteiger partial charge in [-0.05, 0) is 25.4 Å². The third-order valence-corrected chi connectivity index (χ3v) is 2.31. The summed E-state index contributed by atoms with van der Waals surface area (Å²) in [6, 6.07) is 0. The van der Waals surface area contributed by atoms with Gasteiger partial charge in [0.05, 0.1) is 0 Å². The second-order valence-electron chi connectivity index (χ2n) is 3.44. The van der Waals surface area contributed by atoms with Crippen LogP contribution in [-0.4, -0.2) is 29.1 Å². The Morgan fingerprint density at radius 1 is 1.71 bits per heavy atom. The van der Waals surface area contributed by atoms with Crippen LogP contribution in [0.15, 0.2) is 4.52 Å². The van der Waals surface area contributed by atoms with Crippen LogP contribution >= 0.6 is 0 Å². The number of rotatable bonds is 3. The van der Waals surface area contributed by atoms with E-state index >= 15 is 0 Å². The molecule has 2 rings (SSSR count). The minimum absolute atomic E-state index is 0.0362. The predicted octanol–water partition coefficient (Wildman–Crippen LogP) is -0.680. The summed E-state index contributed by atoms with van der Waals surface area (Å²) in [7, 11) is 0. The Morgan fingerprint density at radius 2 is 2.57 bits per heavy atom. The number of amides is 1. The normalized spacial score (nSPS) is 21.3. The fraction of sp³-hybridized carbons (Fsp3) is 0.625. The highest BCUT2D eigenvalue weighted by Gasteiger charge is 2.19. The lowest BCUT2D eigenvalue weighted by Gasteiger charge is -2.01. The molecule has 1 amide bonds. The first-order valence-corrected chi connectivity index (χ1v) is 4.59. The van der Waals surface area contributed by atoms with Gasteiger partial charge in [-0.1, -0.05) is 5.16 Å². The summed E-state index contributed by atoms with van der Waals surface area (Å²) in [5.41, 5.74) is 5.00. The van der Waals surface area contributed by atoms with Crippen LogP contribution in [-0.2, 0) is 6.42 Å². The zero-order chi connectivity index (χ0) is 9.97. The average Bonchev–Trinajstić information content (AvgIpc) is 2.75. The fourth-order valence-electron chi connectivity index (χ4n) is 1.57. The molecule has 0 bridgehead atoms. The van der Waals surface area contributed by atoms with Gasteiger partial charge in [0.1, 0.15) is 0 Å². The number of carbonyl (C=O) groups is 1. The number of nitrogens with one attached hydrogen (secondary N) is 1. The summed E-state index contributed by atoms with van der Waals surface area (Å²) >= 11 is 0. The molecule has 1 saturated heterocycles. The molecule has 6 nitrogen and oxygen atoms in total. The molecule has 0 radical (unpaired) electrons. The fourth-order valence-corrected chi connectivity index (χ4v) is 1.57. The molecule has 1 atom stereocenters. The monoisotopic (exact) mass is 196 g/mol. The van der Waals surface area contributed by atoms with E-state index in [4.69, 9.17) is 10.3 Å². The van der Waals surface area contributed by atoms with Gasteiger partial charge in [-0.25, -0.2) is 0 Å². The van der Waals surface area contributed by atoms with E-state index in [2.05, 4.69) is 15.5 Å². The number of hydrogen-bond donors (Lipinski definition) is 2. The highest BCUT2D eigenvalue weighted by atomic mass is 16.5. The van der Waals surface area contributed by atoms with E-state index in [1.807, 2.05) is 0 Å². The topological polar surface area (TPSA) is 94.0 Å². The number of nitrogens with two attached hydrogens (primary N) is 1. The van der Waals surface area contributed by atoms with Gasteiger partial charge in [0.2, 0.25) is 5.89 Å². The SMILES string of the molecule is NC(=O)c1noc(CC2CCNC2)n1. The van der Waals surface area contributed by atoms with Gasteiger partial charge in [-0.2, -0.15) is 4.98 Å². The molecule has 1 aromatic rings. The van der Waals surface area contributed by atoms with Gasteiger partial charge >= 0.3 is 0 Å². The third-order valence-electron chi connectivity index (χ3n) is 2.31. The van der Waals surface area contributed by atoms with E-state index in [-0.39, 0.29) is 5.82 Å². The van der Waals surface area contributed by atoms with Crippen molar-refractivity contribution in [3.8, 4) is 0 Å². The van der Waals surface area contributed by atoms with Crippen molar-refractivity contribution >= 4 is 5.91 Å². The number of aromatic nitrogens is 2. The molecule has 2 heterocycles. The number of hydrogen-bond acceptors (Lipinski definition) is 5. The second-order valence-corrected chi connectivity index (χ2v) is 3.44. The van der Waals surface area contributed by atoms with Gasteiger partial charge in [0.25, 0.3) is 11.7 Å². The summed E-state index contributed by atoms with van der Waals surface area (Å²) in [4.78, 5) is 14.6. The average molecular weight is 196 g/mol. The molecule has 1 aliphatic rings. The molecular formula is C8H12N4O2. The van der Waals surface area contributed by atoms with E-state index in [9.17, 15) is 4.79 Å². The lowest BCUT2D eigenvalue weighted by Crippen LogP contribution is -2.13. The molecule has 14 heavy (non-hydrogen) atoms. The quantitative estimate of drug-likeness (QED) is 0.668. The molecule has 1 unspecified atom stereocenters. The molecule has 0 saturated carbocycles. The predicted molar refractivity (Wildman–Crippen MR) is 47.5 cm³/mol. The molecule has 0 aliphatic carbocycles. The number of primary amides is 1. The van der Waals surface area contributed by atoms with Crippen LogP contribution in [0, 0.1) is 5.92 Å². The molecule has 1 aromatic heterocycles. The molecule has 1 aliphatic heterocycles. The Kier molecular flexibility index (Phi) is 2.45. The van der Waals surface area contributed by atoms with Gasteiger partial charge in [0, 0.05) is 6.42 Å². The Hall–Kier alpha value is -1.43. The van der Waals surface area contributed by atoms with Crippen molar-refractivity contribution in [2.75, 3.05) is 13.1 Å². The Morgan fingerprint density at radius 3 is 3.14 bits per heavy atom. The number of nitrogens with zero attached hydrogens (tertiary/aromatic N) is 2. The smallest absolute Gasteiger partial charge is 0.290 e. The summed E-state index contributed by atoms with van der Waals surface area (Å²) in [6.45, 7) is 2.00. The number of carbonyl (C=O) groups excluding carboxylic acids is 1. The molecular weight excluding hydrogens is 184 g/mol. The molecule has 6 heteroatoms. The van der Waals surface area contributed by atoms with E-state index in [1.54, 1.807) is 0 Å². The van der Waals surface area contributed by atoms with Crippen LogP contribution in [0.5, 0.6) is 0 Å². The van der Waals surface area contributed by atoms with Crippen molar-refractivity contribution in [3.05, 3.63) is 11.7 Å². The van der Waals surface area contributed by atoms with E-state index in [0.717, 1.165) is 19.5 Å². The first-order chi connectivity index (χ1) is 6.75. The summed E-state index contributed by atoms with van der Waals surface area (Å²) in [5, 5.41) is 6.72. The minimum atomic E-state index is -0.649. The maximum Gasteiger partial charge on any atom is 0.290 e. The zero-order valence-electron chi connectivity index (χ0n) is 7.69. The van der Waals surface area contributed by atoms with Crippen molar-refractivity contribution in [3.63, 3.8) is 0 Å². The van der Waals surface area contributed by atoms with Crippen molar-refractivity contribution in [1.29, 1.82) is 0 Å². The Bertz CT molecular complexity index is 330. The van der Waals surface area contributed by atoms with Crippen LogP contribution < -0.4 is 11.1 Å². The Labute approximate surface area is 80.9 Å². The zero-order valence-corrected chi connectivity index (χ0v) is 7.69. The summed E-state index contributed by atoms with van der Waals surface area (Å²) in [5.74, 6) is 0.333. The van der Waals surface area contributed by atoms with Crippen LogP contribution in [0.3, 0.4) is 0 Å². The molecule has 0 spiro atoms. The lowest BCUT2D eigenvalue weighted by atomic mass is 10.1. The van der Waals surface area contributed by atoms with Crippen molar-refractivity contribution in [2.24, 2.45) is 11.7 Å². The van der Waals surface area contributed by atoms with Crippen molar-refractivity contribution < 1.29 is 9.32 Å². The molecule has 0 aromatic carbocycles. The summed E-state index contributed by atoms with van der Waals surface area (Å²) in [6.07, 6.45) is 1.82. The third kappa shape index (κ3) is 1.90. The molecule has 1 fully saturated rings. The highest BCUT2D eigenvalue weighted by Crippen LogP contribution is 2.13. The standard InChI is InChI=1S/C8H12N4O2/c9-7(13)8-11-6(14-12-8)3-5-1-2-10-4-5/h5,10H,1-4H2,(H2,9,13). The van der Waals surface area contributed by atoms with Crippen LogP contribution in [0.2, 0.25) is 0 Å². The lowest BCUT2D eigenvalue weighted by molar-refractivity contribution is 0.0987. The summed E-state index contributed by atoms with van der Waals surface area (Å²) < 4.78 is 4.90. The minimum Gasteiger partial charge on any atom is -0.363 e. The van der Waals surface area contributed by atoms with Crippen LogP contribution in [0.25, 0.3) is 0 Å². The molecule has 76 valence electrons.